The van der Waals surface area contributed by atoms with Gasteiger partial charge in [0.2, 0.25) is 5.89 Å². The quantitative estimate of drug-likeness (QED) is 0.934. The van der Waals surface area contributed by atoms with Crippen LogP contribution >= 0.6 is 0 Å². The molecule has 0 aliphatic carbocycles. The van der Waals surface area contributed by atoms with E-state index in [2.05, 4.69) is 15.5 Å². The summed E-state index contributed by atoms with van der Waals surface area (Å²) in [6, 6.07) is 3.39. The van der Waals surface area contributed by atoms with Crippen LogP contribution in [-0.2, 0) is 11.2 Å². The monoisotopic (exact) mass is 295 g/mol. The molecule has 1 N–H and O–H groups in total. The van der Waals surface area contributed by atoms with Gasteiger partial charge >= 0.3 is 0 Å². The molecule has 1 fully saturated rings. The average molecular weight is 295 g/mol. The van der Waals surface area contributed by atoms with Crippen LogP contribution in [0, 0.1) is 11.6 Å². The van der Waals surface area contributed by atoms with Crippen LogP contribution in [-0.4, -0.2) is 29.9 Å². The summed E-state index contributed by atoms with van der Waals surface area (Å²) >= 11 is 0. The maximum Gasteiger partial charge on any atom is 0.243 e. The molecule has 3 rings (SSSR count). The Labute approximate surface area is 120 Å². The molecule has 0 saturated carbocycles. The van der Waals surface area contributed by atoms with E-state index in [4.69, 9.17) is 9.26 Å². The van der Waals surface area contributed by atoms with Crippen LogP contribution in [0.15, 0.2) is 22.7 Å². The number of hydrogen-bond acceptors (Lipinski definition) is 5. The second kappa shape index (κ2) is 5.87. The van der Waals surface area contributed by atoms with Crippen molar-refractivity contribution in [1.29, 1.82) is 0 Å². The lowest BCUT2D eigenvalue weighted by atomic mass is 10.1. The molecular weight excluding hydrogens is 280 g/mol. The van der Waals surface area contributed by atoms with E-state index in [9.17, 15) is 8.78 Å². The Hall–Kier alpha value is -1.86. The van der Waals surface area contributed by atoms with Crippen LogP contribution in [0.2, 0.25) is 0 Å². The summed E-state index contributed by atoms with van der Waals surface area (Å²) in [4.78, 5) is 4.26. The lowest BCUT2D eigenvalue weighted by molar-refractivity contribution is 0.116. The van der Waals surface area contributed by atoms with Gasteiger partial charge in [-0.1, -0.05) is 11.2 Å². The van der Waals surface area contributed by atoms with Crippen molar-refractivity contribution in [2.45, 2.75) is 25.0 Å². The number of rotatable bonds is 4. The van der Waals surface area contributed by atoms with Gasteiger partial charge in [-0.3, -0.25) is 0 Å². The molecular formula is C14H15F2N3O2. The number of nitrogens with zero attached hydrogens (tertiary/aromatic N) is 2. The molecule has 1 aliphatic heterocycles. The van der Waals surface area contributed by atoms with Crippen LogP contribution in [0.4, 0.5) is 8.78 Å². The van der Waals surface area contributed by atoms with E-state index in [1.807, 2.05) is 0 Å². The van der Waals surface area contributed by atoms with E-state index in [1.165, 1.54) is 12.1 Å². The van der Waals surface area contributed by atoms with Gasteiger partial charge in [-0.25, -0.2) is 8.78 Å². The molecule has 1 saturated heterocycles. The summed E-state index contributed by atoms with van der Waals surface area (Å²) in [5.74, 6) is -0.379. The van der Waals surface area contributed by atoms with Gasteiger partial charge in [0.25, 0.3) is 0 Å². The fourth-order valence-corrected chi connectivity index (χ4v) is 2.39. The van der Waals surface area contributed by atoms with Gasteiger partial charge in [0.05, 0.1) is 12.1 Å². The minimum absolute atomic E-state index is 0.0470. The molecule has 2 unspecified atom stereocenters. The standard InChI is InChI=1S/C14H15F2N3O2/c1-20-10-6-12(17-7-10)14-18-13(19-21-14)4-8-2-3-9(15)5-11(8)16/h2-3,5,10,12,17H,4,6-7H2,1H3. The summed E-state index contributed by atoms with van der Waals surface area (Å²) in [7, 11) is 1.66. The molecule has 0 bridgehead atoms. The van der Waals surface area contributed by atoms with Gasteiger partial charge in [0, 0.05) is 26.1 Å². The van der Waals surface area contributed by atoms with Gasteiger partial charge in [-0.2, -0.15) is 4.98 Å². The summed E-state index contributed by atoms with van der Waals surface area (Å²) < 4.78 is 36.9. The van der Waals surface area contributed by atoms with Crippen molar-refractivity contribution < 1.29 is 18.0 Å². The molecule has 1 aromatic heterocycles. The molecule has 7 heteroatoms. The molecule has 0 spiro atoms. The second-order valence-corrected chi connectivity index (χ2v) is 5.02. The maximum atomic E-state index is 13.6. The minimum atomic E-state index is -0.611. The predicted molar refractivity (Wildman–Crippen MR) is 69.6 cm³/mol. The highest BCUT2D eigenvalue weighted by Crippen LogP contribution is 2.24. The van der Waals surface area contributed by atoms with Crippen molar-refractivity contribution in [2.24, 2.45) is 0 Å². The van der Waals surface area contributed by atoms with Crippen LogP contribution in [0.5, 0.6) is 0 Å². The zero-order valence-electron chi connectivity index (χ0n) is 11.5. The zero-order valence-corrected chi connectivity index (χ0v) is 11.5. The number of methoxy groups -OCH3 is 1. The smallest absolute Gasteiger partial charge is 0.243 e. The third kappa shape index (κ3) is 3.08. The number of benzene rings is 1. The van der Waals surface area contributed by atoms with E-state index < -0.39 is 11.6 Å². The third-order valence-electron chi connectivity index (χ3n) is 3.57. The third-order valence-corrected chi connectivity index (χ3v) is 3.57. The van der Waals surface area contributed by atoms with Crippen molar-refractivity contribution in [3.8, 4) is 0 Å². The van der Waals surface area contributed by atoms with Crippen molar-refractivity contribution >= 4 is 0 Å². The molecule has 1 aliphatic rings. The minimum Gasteiger partial charge on any atom is -0.380 e. The second-order valence-electron chi connectivity index (χ2n) is 5.02. The van der Waals surface area contributed by atoms with E-state index >= 15 is 0 Å². The van der Waals surface area contributed by atoms with E-state index in [1.54, 1.807) is 7.11 Å². The topological polar surface area (TPSA) is 60.2 Å². The summed E-state index contributed by atoms with van der Waals surface area (Å²) in [5, 5.41) is 7.07. The number of halogens is 2. The van der Waals surface area contributed by atoms with Gasteiger partial charge < -0.3 is 14.6 Å². The predicted octanol–water partition coefficient (Wildman–Crippen LogP) is 1.99. The van der Waals surface area contributed by atoms with Gasteiger partial charge in [-0.05, 0) is 18.1 Å². The first-order chi connectivity index (χ1) is 10.2. The summed E-state index contributed by atoms with van der Waals surface area (Å²) in [5.41, 5.74) is 0.331. The molecule has 2 atom stereocenters. The fourth-order valence-electron chi connectivity index (χ4n) is 2.39. The number of nitrogens with one attached hydrogen (secondary N) is 1. The molecule has 5 nitrogen and oxygen atoms in total. The Morgan fingerprint density at radius 3 is 3.00 bits per heavy atom. The van der Waals surface area contributed by atoms with Crippen molar-refractivity contribution in [3.05, 3.63) is 47.1 Å². The largest absolute Gasteiger partial charge is 0.380 e. The van der Waals surface area contributed by atoms with E-state index in [-0.39, 0.29) is 18.6 Å². The van der Waals surface area contributed by atoms with Crippen molar-refractivity contribution in [1.82, 2.24) is 15.5 Å². The Kier molecular flexibility index (Phi) is 3.94. The van der Waals surface area contributed by atoms with Crippen LogP contribution in [0.25, 0.3) is 0 Å². The molecule has 112 valence electrons. The van der Waals surface area contributed by atoms with E-state index in [0.717, 1.165) is 19.0 Å². The Morgan fingerprint density at radius 2 is 2.29 bits per heavy atom. The van der Waals surface area contributed by atoms with Crippen LogP contribution < -0.4 is 5.32 Å². The fraction of sp³-hybridized carbons (Fsp3) is 0.429. The van der Waals surface area contributed by atoms with Gasteiger partial charge in [-0.15, -0.1) is 0 Å². The highest BCUT2D eigenvalue weighted by atomic mass is 19.1. The summed E-state index contributed by atoms with van der Waals surface area (Å²) in [6.07, 6.45) is 1.04. The number of aromatic nitrogens is 2. The molecule has 0 radical (unpaired) electrons. The van der Waals surface area contributed by atoms with Gasteiger partial charge in [0.15, 0.2) is 5.82 Å². The summed E-state index contributed by atoms with van der Waals surface area (Å²) in [6.45, 7) is 0.728. The Bertz CT molecular complexity index is 632. The van der Waals surface area contributed by atoms with Crippen molar-refractivity contribution in [3.63, 3.8) is 0 Å². The lowest BCUT2D eigenvalue weighted by Gasteiger charge is -2.04. The molecule has 0 amide bonds. The van der Waals surface area contributed by atoms with Crippen molar-refractivity contribution in [2.75, 3.05) is 13.7 Å². The first kappa shape index (κ1) is 14.1. The molecule has 21 heavy (non-hydrogen) atoms. The molecule has 2 aromatic rings. The first-order valence-corrected chi connectivity index (χ1v) is 6.68. The zero-order chi connectivity index (χ0) is 14.8. The van der Waals surface area contributed by atoms with E-state index in [0.29, 0.717) is 17.3 Å². The normalized spacial score (nSPS) is 21.9. The highest BCUT2D eigenvalue weighted by molar-refractivity contribution is 5.21. The Morgan fingerprint density at radius 1 is 1.43 bits per heavy atom. The SMILES string of the molecule is COC1CNC(c2nc(Cc3ccc(F)cc3F)no2)C1. The Balaban J connectivity index is 1.70. The molecule has 2 heterocycles. The van der Waals surface area contributed by atoms with Crippen LogP contribution in [0.1, 0.15) is 29.7 Å². The van der Waals surface area contributed by atoms with Gasteiger partial charge in [0.1, 0.15) is 11.6 Å². The molecule has 1 aromatic carbocycles. The van der Waals surface area contributed by atoms with Crippen LogP contribution in [0.3, 0.4) is 0 Å². The average Bonchev–Trinajstić information content (AvgIpc) is 3.10. The maximum absolute atomic E-state index is 13.6. The number of hydrogen-bond donors (Lipinski definition) is 1. The number of ether oxygens (including phenoxy) is 1. The lowest BCUT2D eigenvalue weighted by Crippen LogP contribution is -2.16. The first-order valence-electron chi connectivity index (χ1n) is 6.68. The highest BCUT2D eigenvalue weighted by Gasteiger charge is 2.29.